The van der Waals surface area contributed by atoms with E-state index in [-0.39, 0.29) is 11.8 Å². The summed E-state index contributed by atoms with van der Waals surface area (Å²) in [5, 5.41) is 8.68. The van der Waals surface area contributed by atoms with Gasteiger partial charge in [0, 0.05) is 22.7 Å². The van der Waals surface area contributed by atoms with Gasteiger partial charge in [0.1, 0.15) is 0 Å². The number of benzene rings is 2. The van der Waals surface area contributed by atoms with Crippen molar-refractivity contribution in [3.8, 4) is 11.5 Å². The topological polar surface area (TPSA) is 76.3 Å². The van der Waals surface area contributed by atoms with Crippen LogP contribution < -0.4 is 0 Å². The molecule has 0 N–H and O–H groups in total. The van der Waals surface area contributed by atoms with Crippen LogP contribution in [-0.2, 0) is 4.79 Å². The number of carbonyl (C=O) groups is 2. The van der Waals surface area contributed by atoms with Crippen molar-refractivity contribution in [3.63, 3.8) is 0 Å². The second-order valence-electron chi connectivity index (χ2n) is 7.58. The maximum Gasteiger partial charge on any atom is 0.277 e. The number of carbonyl (C=O) groups excluding carboxylic acids is 2. The van der Waals surface area contributed by atoms with E-state index in [9.17, 15) is 9.59 Å². The first kappa shape index (κ1) is 21.6. The highest BCUT2D eigenvalue weighted by atomic mass is 35.5. The summed E-state index contributed by atoms with van der Waals surface area (Å²) in [5.74, 6) is -0.121. The zero-order chi connectivity index (χ0) is 22.0. The molecule has 160 valence electrons. The highest BCUT2D eigenvalue weighted by Gasteiger charge is 2.33. The highest BCUT2D eigenvalue weighted by Crippen LogP contribution is 2.32. The van der Waals surface area contributed by atoms with Crippen molar-refractivity contribution in [3.05, 3.63) is 64.2 Å². The third-order valence-corrected chi connectivity index (χ3v) is 6.72. The average molecular weight is 456 g/mol. The van der Waals surface area contributed by atoms with E-state index in [0.29, 0.717) is 34.7 Å². The minimum absolute atomic E-state index is 0.228. The number of amides is 2. The number of halogens is 1. The number of thioether (sulfide) groups is 1. The Labute approximate surface area is 190 Å². The van der Waals surface area contributed by atoms with E-state index in [1.54, 1.807) is 24.3 Å². The maximum absolute atomic E-state index is 13.2. The monoisotopic (exact) mass is 455 g/mol. The van der Waals surface area contributed by atoms with E-state index in [0.717, 1.165) is 24.0 Å². The summed E-state index contributed by atoms with van der Waals surface area (Å²) in [6.45, 7) is 4.47. The summed E-state index contributed by atoms with van der Waals surface area (Å²) in [7, 11) is 0. The van der Waals surface area contributed by atoms with E-state index in [1.165, 1.54) is 22.2 Å². The van der Waals surface area contributed by atoms with Gasteiger partial charge in [-0.25, -0.2) is 0 Å². The molecule has 2 heterocycles. The summed E-state index contributed by atoms with van der Waals surface area (Å²) >= 11 is 7.14. The molecule has 0 unspecified atom stereocenters. The molecule has 1 aliphatic heterocycles. The van der Waals surface area contributed by atoms with Gasteiger partial charge in [-0.3, -0.25) is 14.5 Å². The lowest BCUT2D eigenvalue weighted by molar-refractivity contribution is -0.127. The Morgan fingerprint density at radius 2 is 1.87 bits per heavy atom. The van der Waals surface area contributed by atoms with E-state index < -0.39 is 5.25 Å². The standard InChI is InChI=1S/C23H22ClN3O3S/c1-14-6-7-17(13-15(14)2)20-25-26-23(30-20)31-19-5-3-4-12-27(22(19)29)21(28)16-8-10-18(24)11-9-16/h6-11,13,19H,3-5,12H2,1-2H3/t19-/m0/s1. The van der Waals surface area contributed by atoms with Gasteiger partial charge >= 0.3 is 0 Å². The molecular weight excluding hydrogens is 434 g/mol. The Bertz CT molecular complexity index is 1110. The average Bonchev–Trinajstić information content (AvgIpc) is 3.15. The van der Waals surface area contributed by atoms with Gasteiger partial charge in [-0.2, -0.15) is 0 Å². The molecule has 0 radical (unpaired) electrons. The molecule has 0 saturated carbocycles. The zero-order valence-corrected chi connectivity index (χ0v) is 18.9. The Balaban J connectivity index is 1.50. The Hall–Kier alpha value is -2.64. The minimum atomic E-state index is -0.452. The molecule has 1 fully saturated rings. The first-order valence-corrected chi connectivity index (χ1v) is 11.4. The van der Waals surface area contributed by atoms with Gasteiger partial charge in [0.2, 0.25) is 11.8 Å². The molecule has 8 heteroatoms. The summed E-state index contributed by atoms with van der Waals surface area (Å²) in [6, 6.07) is 12.5. The normalized spacial score (nSPS) is 16.9. The third kappa shape index (κ3) is 4.83. The number of hydrogen-bond donors (Lipinski definition) is 0. The van der Waals surface area contributed by atoms with Gasteiger partial charge in [0.25, 0.3) is 11.1 Å². The van der Waals surface area contributed by atoms with Gasteiger partial charge in [0.15, 0.2) is 0 Å². The van der Waals surface area contributed by atoms with Crippen LogP contribution in [-0.4, -0.2) is 38.7 Å². The molecule has 0 bridgehead atoms. The lowest BCUT2D eigenvalue weighted by Gasteiger charge is -2.21. The van der Waals surface area contributed by atoms with Crippen LogP contribution in [0.15, 0.2) is 52.1 Å². The highest BCUT2D eigenvalue weighted by molar-refractivity contribution is 8.00. The first-order chi connectivity index (χ1) is 14.9. The fourth-order valence-electron chi connectivity index (χ4n) is 3.44. The summed E-state index contributed by atoms with van der Waals surface area (Å²) < 4.78 is 5.82. The second-order valence-corrected chi connectivity index (χ2v) is 9.17. The summed E-state index contributed by atoms with van der Waals surface area (Å²) in [5.41, 5.74) is 3.61. The van der Waals surface area contributed by atoms with Gasteiger partial charge in [-0.15, -0.1) is 10.2 Å². The molecule has 31 heavy (non-hydrogen) atoms. The second kappa shape index (κ2) is 9.24. The number of nitrogens with zero attached hydrogens (tertiary/aromatic N) is 3. The van der Waals surface area contributed by atoms with E-state index in [4.69, 9.17) is 16.0 Å². The third-order valence-electron chi connectivity index (χ3n) is 5.38. The van der Waals surface area contributed by atoms with E-state index in [2.05, 4.69) is 10.2 Å². The molecule has 4 rings (SSSR count). The smallest absolute Gasteiger partial charge is 0.277 e. The van der Waals surface area contributed by atoms with Gasteiger partial charge < -0.3 is 4.42 Å². The van der Waals surface area contributed by atoms with Crippen molar-refractivity contribution in [1.82, 2.24) is 15.1 Å². The van der Waals surface area contributed by atoms with Crippen LogP contribution in [0.1, 0.15) is 40.7 Å². The van der Waals surface area contributed by atoms with E-state index in [1.807, 2.05) is 32.0 Å². The Morgan fingerprint density at radius 1 is 1.10 bits per heavy atom. The number of rotatable bonds is 4. The molecule has 0 spiro atoms. The minimum Gasteiger partial charge on any atom is -0.411 e. The van der Waals surface area contributed by atoms with Crippen LogP contribution in [0.4, 0.5) is 0 Å². The quantitative estimate of drug-likeness (QED) is 0.495. The lowest BCUT2D eigenvalue weighted by Crippen LogP contribution is -2.41. The largest absolute Gasteiger partial charge is 0.411 e. The lowest BCUT2D eigenvalue weighted by atomic mass is 10.1. The molecule has 1 aromatic heterocycles. The molecule has 6 nitrogen and oxygen atoms in total. The SMILES string of the molecule is Cc1ccc(-c2nnc(S[C@H]3CCCCN(C(=O)c4ccc(Cl)cc4)C3=O)o2)cc1C. The predicted octanol–water partition coefficient (Wildman–Crippen LogP) is 5.32. The molecule has 1 atom stereocenters. The van der Waals surface area contributed by atoms with Crippen molar-refractivity contribution in [2.75, 3.05) is 6.54 Å². The Kier molecular flexibility index (Phi) is 6.43. The van der Waals surface area contributed by atoms with Gasteiger partial charge in [0.05, 0.1) is 5.25 Å². The molecule has 1 aliphatic rings. The zero-order valence-electron chi connectivity index (χ0n) is 17.3. The van der Waals surface area contributed by atoms with Crippen LogP contribution in [0.2, 0.25) is 5.02 Å². The van der Waals surface area contributed by atoms with Crippen molar-refractivity contribution in [1.29, 1.82) is 0 Å². The number of likely N-dealkylation sites (tertiary alicyclic amines) is 1. The Morgan fingerprint density at radius 3 is 2.61 bits per heavy atom. The van der Waals surface area contributed by atoms with Crippen LogP contribution in [0, 0.1) is 13.8 Å². The van der Waals surface area contributed by atoms with Crippen LogP contribution in [0.25, 0.3) is 11.5 Å². The number of hydrogen-bond acceptors (Lipinski definition) is 6. The number of aromatic nitrogens is 2. The molecule has 3 aromatic rings. The molecular formula is C23H22ClN3O3S. The van der Waals surface area contributed by atoms with E-state index >= 15 is 0 Å². The first-order valence-electron chi connectivity index (χ1n) is 10.1. The summed E-state index contributed by atoms with van der Waals surface area (Å²) in [4.78, 5) is 27.4. The van der Waals surface area contributed by atoms with Crippen molar-refractivity contribution in [2.45, 2.75) is 43.6 Å². The molecule has 0 aliphatic carbocycles. The predicted molar refractivity (Wildman–Crippen MR) is 120 cm³/mol. The van der Waals surface area contributed by atoms with Gasteiger partial charge in [-0.05, 0) is 74.2 Å². The fraction of sp³-hybridized carbons (Fsp3) is 0.304. The maximum atomic E-state index is 13.2. The van der Waals surface area contributed by atoms with Crippen LogP contribution in [0.3, 0.4) is 0 Å². The molecule has 1 saturated heterocycles. The number of imide groups is 1. The fourth-order valence-corrected chi connectivity index (χ4v) is 4.53. The summed E-state index contributed by atoms with van der Waals surface area (Å²) in [6.07, 6.45) is 2.25. The van der Waals surface area contributed by atoms with Crippen LogP contribution in [0.5, 0.6) is 0 Å². The van der Waals surface area contributed by atoms with Crippen molar-refractivity contribution >= 4 is 35.2 Å². The van der Waals surface area contributed by atoms with Crippen molar-refractivity contribution in [2.24, 2.45) is 0 Å². The molecule has 2 aromatic carbocycles. The van der Waals surface area contributed by atoms with Crippen LogP contribution >= 0.6 is 23.4 Å². The van der Waals surface area contributed by atoms with Gasteiger partial charge in [-0.1, -0.05) is 35.9 Å². The number of aryl methyl sites for hydroxylation is 2. The van der Waals surface area contributed by atoms with Crippen molar-refractivity contribution < 1.29 is 14.0 Å². The molecule has 2 amide bonds.